The molecule has 190 valence electrons. The van der Waals surface area contributed by atoms with Crippen LogP contribution in [0.1, 0.15) is 56.7 Å². The summed E-state index contributed by atoms with van der Waals surface area (Å²) < 4.78 is 14.1. The highest BCUT2D eigenvalue weighted by Crippen LogP contribution is 2.35. The van der Waals surface area contributed by atoms with Crippen molar-refractivity contribution in [1.82, 2.24) is 10.2 Å². The number of carboxylic acid groups (broad SMARTS) is 1. The van der Waals surface area contributed by atoms with Crippen LogP contribution in [0.15, 0.2) is 66.7 Å². The molecule has 0 saturated carbocycles. The maximum atomic E-state index is 14.1. The Morgan fingerprint density at radius 1 is 1.08 bits per heavy atom. The Bertz CT molecular complexity index is 1240. The number of likely N-dealkylation sites (tertiary alicyclic amines) is 1. The van der Waals surface area contributed by atoms with Gasteiger partial charge in [0.1, 0.15) is 5.82 Å². The molecule has 3 atom stereocenters. The lowest BCUT2D eigenvalue weighted by Gasteiger charge is -2.23. The van der Waals surface area contributed by atoms with Crippen LogP contribution in [0.25, 0.3) is 10.8 Å². The Morgan fingerprint density at radius 2 is 1.81 bits per heavy atom. The number of halogens is 1. The molecule has 1 heterocycles. The number of nitrogens with one attached hydrogen (secondary N) is 1. The smallest absolute Gasteiger partial charge is 0.309 e. The van der Waals surface area contributed by atoms with Crippen LogP contribution in [0.5, 0.6) is 0 Å². The van der Waals surface area contributed by atoms with E-state index >= 15 is 0 Å². The van der Waals surface area contributed by atoms with Crippen LogP contribution in [-0.4, -0.2) is 41.5 Å². The lowest BCUT2D eigenvalue weighted by atomic mass is 9.88. The summed E-state index contributed by atoms with van der Waals surface area (Å²) in [7, 11) is 0. The van der Waals surface area contributed by atoms with E-state index in [-0.39, 0.29) is 42.4 Å². The fourth-order valence-corrected chi connectivity index (χ4v) is 5.15. The lowest BCUT2D eigenvalue weighted by Crippen LogP contribution is -2.33. The normalized spacial score (nSPS) is 18.9. The van der Waals surface area contributed by atoms with Crippen molar-refractivity contribution < 1.29 is 19.1 Å². The van der Waals surface area contributed by atoms with Gasteiger partial charge in [-0.3, -0.25) is 9.59 Å². The van der Waals surface area contributed by atoms with Gasteiger partial charge in [0.2, 0.25) is 5.91 Å². The molecule has 5 nitrogen and oxygen atoms in total. The predicted molar refractivity (Wildman–Crippen MR) is 140 cm³/mol. The van der Waals surface area contributed by atoms with Crippen molar-refractivity contribution in [2.75, 3.05) is 19.6 Å². The van der Waals surface area contributed by atoms with Crippen molar-refractivity contribution in [2.24, 2.45) is 11.3 Å². The molecule has 1 amide bonds. The van der Waals surface area contributed by atoms with Crippen LogP contribution in [-0.2, 0) is 9.59 Å². The van der Waals surface area contributed by atoms with E-state index in [1.165, 1.54) is 22.4 Å². The first-order valence-electron chi connectivity index (χ1n) is 12.6. The predicted octanol–water partition coefficient (Wildman–Crippen LogP) is 5.76. The highest BCUT2D eigenvalue weighted by atomic mass is 19.1. The van der Waals surface area contributed by atoms with Gasteiger partial charge in [-0.2, -0.15) is 0 Å². The second kappa shape index (κ2) is 10.8. The maximum absolute atomic E-state index is 14.1. The van der Waals surface area contributed by atoms with Gasteiger partial charge in [0.05, 0.1) is 5.41 Å². The molecule has 0 bridgehead atoms. The van der Waals surface area contributed by atoms with Crippen molar-refractivity contribution >= 4 is 22.6 Å². The highest BCUT2D eigenvalue weighted by molar-refractivity contribution is 5.86. The number of carbonyl (C=O) groups is 2. The van der Waals surface area contributed by atoms with E-state index in [1.54, 1.807) is 26.0 Å². The number of aliphatic carboxylic acids is 1. The molecule has 0 spiro atoms. The molecule has 2 N–H and O–H groups in total. The quantitative estimate of drug-likeness (QED) is 0.400. The minimum Gasteiger partial charge on any atom is -0.481 e. The van der Waals surface area contributed by atoms with E-state index in [0.717, 1.165) is 5.56 Å². The Kier molecular flexibility index (Phi) is 7.74. The minimum atomic E-state index is -0.952. The molecule has 6 heteroatoms. The van der Waals surface area contributed by atoms with Gasteiger partial charge in [-0.05, 0) is 67.1 Å². The second-order valence-corrected chi connectivity index (χ2v) is 10.6. The minimum absolute atomic E-state index is 0.00403. The van der Waals surface area contributed by atoms with Crippen molar-refractivity contribution in [2.45, 2.75) is 45.6 Å². The van der Waals surface area contributed by atoms with E-state index in [9.17, 15) is 19.1 Å². The molecular formula is C30H35FN2O3. The molecular weight excluding hydrogens is 455 g/mol. The fraction of sp³-hybridized carbons (Fsp3) is 0.400. The first-order valence-corrected chi connectivity index (χ1v) is 12.6. The molecule has 36 heavy (non-hydrogen) atoms. The summed E-state index contributed by atoms with van der Waals surface area (Å²) in [5.74, 6) is -1.12. The number of fused-ring (bicyclic) bond motifs is 1. The van der Waals surface area contributed by atoms with E-state index in [0.29, 0.717) is 19.6 Å². The van der Waals surface area contributed by atoms with Crippen LogP contribution in [0.2, 0.25) is 0 Å². The number of hydrogen-bond acceptors (Lipinski definition) is 3. The van der Waals surface area contributed by atoms with Gasteiger partial charge in [0.25, 0.3) is 0 Å². The molecule has 0 aliphatic carbocycles. The molecule has 4 rings (SSSR count). The maximum Gasteiger partial charge on any atom is 0.309 e. The van der Waals surface area contributed by atoms with Crippen LogP contribution in [0, 0.1) is 17.2 Å². The molecule has 1 aliphatic rings. The Labute approximate surface area is 212 Å². The summed E-state index contributed by atoms with van der Waals surface area (Å²) in [4.78, 5) is 26.3. The largest absolute Gasteiger partial charge is 0.481 e. The first kappa shape index (κ1) is 25.8. The molecule has 0 radical (unpaired) electrons. The van der Waals surface area contributed by atoms with E-state index in [4.69, 9.17) is 0 Å². The molecule has 1 fully saturated rings. The average molecular weight is 491 g/mol. The third-order valence-electron chi connectivity index (χ3n) is 7.59. The van der Waals surface area contributed by atoms with E-state index < -0.39 is 11.4 Å². The summed E-state index contributed by atoms with van der Waals surface area (Å²) in [5, 5.41) is 15.5. The van der Waals surface area contributed by atoms with Crippen molar-refractivity contribution in [3.63, 3.8) is 0 Å². The van der Waals surface area contributed by atoms with E-state index in [1.807, 2.05) is 23.1 Å². The third-order valence-corrected chi connectivity index (χ3v) is 7.59. The second-order valence-electron chi connectivity index (χ2n) is 10.6. The monoisotopic (exact) mass is 490 g/mol. The Balaban J connectivity index is 1.49. The topological polar surface area (TPSA) is 69.6 Å². The number of carbonyl (C=O) groups excluding carboxylic acids is 1. The summed E-state index contributed by atoms with van der Waals surface area (Å²) >= 11 is 0. The average Bonchev–Trinajstić information content (AvgIpc) is 3.30. The zero-order valence-electron chi connectivity index (χ0n) is 21.2. The Hall–Kier alpha value is -3.25. The number of amides is 1. The molecule has 3 aromatic carbocycles. The van der Waals surface area contributed by atoms with E-state index in [2.05, 4.69) is 42.6 Å². The summed E-state index contributed by atoms with van der Waals surface area (Å²) in [6, 6.07) is 21.4. The van der Waals surface area contributed by atoms with Gasteiger partial charge in [0, 0.05) is 38.0 Å². The Morgan fingerprint density at radius 3 is 2.56 bits per heavy atom. The first-order chi connectivity index (χ1) is 17.2. The SMILES string of the molecule is C[C@@H](NC[C@@H]1CN(C(=O)CCC(C)(C)C(=O)O)C[C@@H]1c1cccc(F)c1)c1cccc2ccccc12. The van der Waals surface area contributed by atoms with Gasteiger partial charge >= 0.3 is 5.97 Å². The number of benzene rings is 3. The van der Waals surface area contributed by atoms with Gasteiger partial charge in [-0.15, -0.1) is 0 Å². The molecule has 1 saturated heterocycles. The van der Waals surface area contributed by atoms with Gasteiger partial charge < -0.3 is 15.3 Å². The number of nitrogens with zero attached hydrogens (tertiary/aromatic N) is 1. The van der Waals surface area contributed by atoms with Crippen LogP contribution >= 0.6 is 0 Å². The zero-order chi connectivity index (χ0) is 25.9. The third kappa shape index (κ3) is 5.76. The molecule has 1 aliphatic heterocycles. The van der Waals surface area contributed by atoms with Crippen molar-refractivity contribution in [3.8, 4) is 0 Å². The summed E-state index contributed by atoms with van der Waals surface area (Å²) in [6.07, 6.45) is 0.463. The van der Waals surface area contributed by atoms with Crippen LogP contribution in [0.3, 0.4) is 0 Å². The molecule has 0 aromatic heterocycles. The summed E-state index contributed by atoms with van der Waals surface area (Å²) in [6.45, 7) is 7.17. The fourth-order valence-electron chi connectivity index (χ4n) is 5.15. The van der Waals surface area contributed by atoms with Gasteiger partial charge in [-0.25, -0.2) is 4.39 Å². The molecule has 3 aromatic rings. The summed E-state index contributed by atoms with van der Waals surface area (Å²) in [5.41, 5.74) is 1.16. The van der Waals surface area contributed by atoms with Crippen LogP contribution in [0.4, 0.5) is 4.39 Å². The number of carboxylic acids is 1. The van der Waals surface area contributed by atoms with Gasteiger partial charge in [0.15, 0.2) is 0 Å². The van der Waals surface area contributed by atoms with Crippen molar-refractivity contribution in [3.05, 3.63) is 83.7 Å². The van der Waals surface area contributed by atoms with Crippen molar-refractivity contribution in [1.29, 1.82) is 0 Å². The number of rotatable bonds is 9. The van der Waals surface area contributed by atoms with Crippen LogP contribution < -0.4 is 5.32 Å². The standard InChI is InChI=1S/C30H35FN2O3/c1-20(25-13-7-9-21-8-4-5-12-26(21)25)32-17-23-18-33(28(34)14-15-30(2,3)29(35)36)19-27(23)22-10-6-11-24(31)16-22/h4-13,16,20,23,27,32H,14-15,17-19H2,1-3H3,(H,35,36)/t20-,23-,27-/m1/s1. The molecule has 0 unspecified atom stereocenters. The lowest BCUT2D eigenvalue weighted by molar-refractivity contribution is -0.147. The van der Waals surface area contributed by atoms with Gasteiger partial charge in [-0.1, -0.05) is 54.6 Å². The number of hydrogen-bond donors (Lipinski definition) is 2. The zero-order valence-corrected chi connectivity index (χ0v) is 21.2. The highest BCUT2D eigenvalue weighted by Gasteiger charge is 2.37.